The number of nitrogens with zero attached hydrogens (tertiary/aromatic N) is 1. The minimum atomic E-state index is -1.50. The smallest absolute Gasteiger partial charge is 0.324 e. The summed E-state index contributed by atoms with van der Waals surface area (Å²) >= 11 is 0. The van der Waals surface area contributed by atoms with E-state index in [1.54, 1.807) is 24.3 Å². The Hall–Kier alpha value is -2.41. The number of benzene rings is 1. The average Bonchev–Trinajstić information content (AvgIpc) is 3.29. The normalized spacial score (nSPS) is 33.5. The van der Waals surface area contributed by atoms with E-state index in [1.807, 2.05) is 0 Å². The SMILES string of the molecule is O=C1C2C(c3ccccc3O)NC(CC3CCCCC3)(C(=O)O)C2C(=O)N1C1CCCCC1. The van der Waals surface area contributed by atoms with Crippen LogP contribution in [0.5, 0.6) is 5.75 Å². The van der Waals surface area contributed by atoms with Gasteiger partial charge in [-0.1, -0.05) is 69.6 Å². The lowest BCUT2D eigenvalue weighted by Gasteiger charge is -2.37. The highest BCUT2D eigenvalue weighted by atomic mass is 16.4. The predicted molar refractivity (Wildman–Crippen MR) is 121 cm³/mol. The molecule has 1 aromatic rings. The highest BCUT2D eigenvalue weighted by Gasteiger charge is 2.69. The van der Waals surface area contributed by atoms with Crippen molar-refractivity contribution in [2.45, 2.75) is 88.3 Å². The fourth-order valence-electron chi connectivity index (χ4n) is 7.06. The molecule has 0 aromatic heterocycles. The second-order valence-electron chi connectivity index (χ2n) is 10.5. The molecule has 2 aliphatic heterocycles. The Balaban J connectivity index is 1.58. The van der Waals surface area contributed by atoms with Crippen LogP contribution in [-0.2, 0) is 14.4 Å². The zero-order valence-corrected chi connectivity index (χ0v) is 19.0. The number of likely N-dealkylation sites (tertiary alicyclic amines) is 1. The van der Waals surface area contributed by atoms with Gasteiger partial charge in [-0.15, -0.1) is 0 Å². The number of aliphatic carboxylic acids is 1. The number of hydrogen-bond donors (Lipinski definition) is 3. The molecule has 4 aliphatic rings. The Kier molecular flexibility index (Phi) is 5.93. The molecule has 4 atom stereocenters. The number of carbonyl (C=O) groups excluding carboxylic acids is 2. The Morgan fingerprint density at radius 3 is 2.24 bits per heavy atom. The lowest BCUT2D eigenvalue weighted by atomic mass is 9.72. The third-order valence-corrected chi connectivity index (χ3v) is 8.62. The predicted octanol–water partition coefficient (Wildman–Crippen LogP) is 3.76. The number of para-hydroxylation sites is 1. The number of carbonyl (C=O) groups is 3. The first-order chi connectivity index (χ1) is 15.9. The second kappa shape index (κ2) is 8.75. The van der Waals surface area contributed by atoms with Crippen LogP contribution in [0, 0.1) is 17.8 Å². The summed E-state index contributed by atoms with van der Waals surface area (Å²) in [6, 6.07) is 5.90. The molecule has 1 aromatic carbocycles. The molecule has 3 N–H and O–H groups in total. The van der Waals surface area contributed by atoms with Crippen LogP contribution in [0.25, 0.3) is 0 Å². The van der Waals surface area contributed by atoms with E-state index in [4.69, 9.17) is 0 Å². The monoisotopic (exact) mass is 454 g/mol. The molecule has 7 nitrogen and oxygen atoms in total. The molecular weight excluding hydrogens is 420 g/mol. The van der Waals surface area contributed by atoms with Gasteiger partial charge >= 0.3 is 5.97 Å². The van der Waals surface area contributed by atoms with Gasteiger partial charge in [0.25, 0.3) is 0 Å². The minimum absolute atomic E-state index is 0.0176. The van der Waals surface area contributed by atoms with Gasteiger partial charge in [0.2, 0.25) is 11.8 Å². The van der Waals surface area contributed by atoms with E-state index in [2.05, 4.69) is 5.32 Å². The van der Waals surface area contributed by atoms with E-state index in [-0.39, 0.29) is 29.5 Å². The average molecular weight is 455 g/mol. The molecule has 7 heteroatoms. The second-order valence-corrected chi connectivity index (χ2v) is 10.5. The molecule has 2 aliphatic carbocycles. The van der Waals surface area contributed by atoms with Crippen molar-refractivity contribution in [2.75, 3.05) is 0 Å². The van der Waals surface area contributed by atoms with Crippen molar-refractivity contribution in [1.82, 2.24) is 10.2 Å². The molecule has 5 rings (SSSR count). The van der Waals surface area contributed by atoms with Crippen molar-refractivity contribution >= 4 is 17.8 Å². The molecule has 33 heavy (non-hydrogen) atoms. The van der Waals surface area contributed by atoms with Crippen molar-refractivity contribution in [3.8, 4) is 5.75 Å². The number of nitrogens with one attached hydrogen (secondary N) is 1. The van der Waals surface area contributed by atoms with Crippen LogP contribution < -0.4 is 5.32 Å². The van der Waals surface area contributed by atoms with E-state index >= 15 is 0 Å². The highest BCUT2D eigenvalue weighted by molar-refractivity contribution is 6.09. The molecule has 2 heterocycles. The van der Waals surface area contributed by atoms with Crippen LogP contribution in [0.4, 0.5) is 0 Å². The number of rotatable bonds is 5. The maximum atomic E-state index is 13.9. The van der Waals surface area contributed by atoms with Gasteiger partial charge in [-0.05, 0) is 31.2 Å². The number of carboxylic acid groups (broad SMARTS) is 1. The number of imide groups is 1. The van der Waals surface area contributed by atoms with Gasteiger partial charge < -0.3 is 10.2 Å². The summed E-state index contributed by atoms with van der Waals surface area (Å²) in [6.07, 6.45) is 10.2. The fraction of sp³-hybridized carbons (Fsp3) is 0.654. The fourth-order valence-corrected chi connectivity index (χ4v) is 7.06. The van der Waals surface area contributed by atoms with Crippen molar-refractivity contribution in [1.29, 1.82) is 0 Å². The number of aromatic hydroxyl groups is 1. The molecule has 0 radical (unpaired) electrons. The third-order valence-electron chi connectivity index (χ3n) is 8.62. The number of phenolic OH excluding ortho intramolecular Hbond substituents is 1. The van der Waals surface area contributed by atoms with E-state index in [1.165, 1.54) is 4.90 Å². The summed E-state index contributed by atoms with van der Waals surface area (Å²) in [7, 11) is 0. The van der Waals surface area contributed by atoms with E-state index < -0.39 is 29.4 Å². The summed E-state index contributed by atoms with van der Waals surface area (Å²) in [5.41, 5.74) is -1.01. The summed E-state index contributed by atoms with van der Waals surface area (Å²) in [5, 5.41) is 24.4. The van der Waals surface area contributed by atoms with Gasteiger partial charge in [0.1, 0.15) is 11.3 Å². The maximum absolute atomic E-state index is 13.9. The molecule has 0 spiro atoms. The quantitative estimate of drug-likeness (QED) is 0.585. The highest BCUT2D eigenvalue weighted by Crippen LogP contribution is 2.53. The van der Waals surface area contributed by atoms with Crippen LogP contribution in [-0.4, -0.2) is 44.5 Å². The third kappa shape index (κ3) is 3.65. The molecule has 2 saturated heterocycles. The van der Waals surface area contributed by atoms with E-state index in [9.17, 15) is 24.6 Å². The van der Waals surface area contributed by atoms with Gasteiger partial charge in [0, 0.05) is 17.6 Å². The van der Waals surface area contributed by atoms with Crippen molar-refractivity contribution < 1.29 is 24.6 Å². The topological polar surface area (TPSA) is 107 Å². The lowest BCUT2D eigenvalue weighted by molar-refractivity contribution is -0.153. The van der Waals surface area contributed by atoms with Gasteiger partial charge in [-0.25, -0.2) is 0 Å². The zero-order chi connectivity index (χ0) is 23.2. The Morgan fingerprint density at radius 1 is 0.970 bits per heavy atom. The number of hydrogen-bond acceptors (Lipinski definition) is 5. The largest absolute Gasteiger partial charge is 0.508 e. The van der Waals surface area contributed by atoms with E-state index in [0.29, 0.717) is 12.0 Å². The molecule has 2 saturated carbocycles. The first-order valence-corrected chi connectivity index (χ1v) is 12.6. The van der Waals surface area contributed by atoms with Crippen molar-refractivity contribution in [2.24, 2.45) is 17.8 Å². The molecule has 178 valence electrons. The summed E-state index contributed by atoms with van der Waals surface area (Å²) in [4.78, 5) is 42.0. The molecule has 2 amide bonds. The lowest BCUT2D eigenvalue weighted by Crippen LogP contribution is -2.57. The Morgan fingerprint density at radius 2 is 1.61 bits per heavy atom. The zero-order valence-electron chi connectivity index (χ0n) is 19.0. The number of carboxylic acids is 1. The number of phenols is 1. The van der Waals surface area contributed by atoms with Crippen LogP contribution in [0.3, 0.4) is 0 Å². The summed E-state index contributed by atoms with van der Waals surface area (Å²) in [6.45, 7) is 0. The molecule has 4 unspecified atom stereocenters. The van der Waals surface area contributed by atoms with Crippen LogP contribution >= 0.6 is 0 Å². The van der Waals surface area contributed by atoms with E-state index in [0.717, 1.165) is 64.2 Å². The Labute approximate surface area is 194 Å². The van der Waals surface area contributed by atoms with Gasteiger partial charge in [0.05, 0.1) is 11.8 Å². The summed E-state index contributed by atoms with van der Waals surface area (Å²) < 4.78 is 0. The first kappa shape index (κ1) is 22.4. The van der Waals surface area contributed by atoms with Crippen LogP contribution in [0.15, 0.2) is 24.3 Å². The first-order valence-electron chi connectivity index (χ1n) is 12.6. The van der Waals surface area contributed by atoms with Crippen molar-refractivity contribution in [3.63, 3.8) is 0 Å². The van der Waals surface area contributed by atoms with Gasteiger partial charge in [0.15, 0.2) is 0 Å². The minimum Gasteiger partial charge on any atom is -0.508 e. The molecule has 4 fully saturated rings. The van der Waals surface area contributed by atoms with Gasteiger partial charge in [-0.2, -0.15) is 0 Å². The molecular formula is C26H34N2O5. The van der Waals surface area contributed by atoms with Crippen LogP contribution in [0.1, 0.15) is 82.2 Å². The van der Waals surface area contributed by atoms with Crippen LogP contribution in [0.2, 0.25) is 0 Å². The maximum Gasteiger partial charge on any atom is 0.324 e. The Bertz CT molecular complexity index is 936. The molecule has 0 bridgehead atoms. The standard InChI is InChI=1S/C26H34N2O5/c29-19-14-8-7-13-18(19)22-20-21(24(31)28(23(20)30)17-11-5-2-6-12-17)26(27-22,25(32)33)15-16-9-3-1-4-10-16/h7-8,13-14,16-17,20-22,27,29H,1-6,9-12,15H2,(H,32,33). The van der Waals surface area contributed by atoms with Crippen molar-refractivity contribution in [3.05, 3.63) is 29.8 Å². The number of amides is 2. The van der Waals surface area contributed by atoms with Gasteiger partial charge in [-0.3, -0.25) is 24.6 Å². The summed E-state index contributed by atoms with van der Waals surface area (Å²) in [5.74, 6) is -3.21. The number of fused-ring (bicyclic) bond motifs is 1.